The Labute approximate surface area is 202 Å². The fourth-order valence-corrected chi connectivity index (χ4v) is 4.87. The minimum atomic E-state index is -2.83. The standard InChI is InChI=1S/C22H22ClF3N4O3S/c1-33-20(31)16-15(11-30-7-4-22(32,5-8-30)21(25)26)28-18(19-27-6-9-34-19)29-17(16)13-3-2-12(24)10-14(13)23/h2-3,6,9-10,17,21,32H,4-5,7-8,11H2,1H3,(H,28,29). The van der Waals surface area contributed by atoms with Crippen molar-refractivity contribution in [1.29, 1.82) is 0 Å². The number of halogens is 4. The van der Waals surface area contributed by atoms with Crippen LogP contribution in [0.3, 0.4) is 0 Å². The number of aromatic nitrogens is 1. The number of likely N-dealkylation sites (tertiary alicyclic amines) is 1. The molecule has 34 heavy (non-hydrogen) atoms. The summed E-state index contributed by atoms with van der Waals surface area (Å²) in [4.78, 5) is 23.7. The Kier molecular flexibility index (Phi) is 7.27. The van der Waals surface area contributed by atoms with E-state index in [1.807, 2.05) is 4.90 Å². The molecule has 0 saturated carbocycles. The Bertz CT molecular complexity index is 1120. The maximum atomic E-state index is 13.7. The number of hydrogen-bond donors (Lipinski definition) is 2. The Hall–Kier alpha value is -2.47. The molecule has 4 rings (SSSR count). The van der Waals surface area contributed by atoms with Crippen molar-refractivity contribution < 1.29 is 27.8 Å². The van der Waals surface area contributed by atoms with Crippen molar-refractivity contribution in [2.45, 2.75) is 30.9 Å². The molecule has 0 amide bonds. The molecule has 0 radical (unpaired) electrons. The summed E-state index contributed by atoms with van der Waals surface area (Å²) in [6.07, 6.45) is -1.43. The monoisotopic (exact) mass is 514 g/mol. The second-order valence-corrected chi connectivity index (χ2v) is 9.37. The van der Waals surface area contributed by atoms with Gasteiger partial charge in [-0.1, -0.05) is 17.7 Å². The molecule has 2 aromatic rings. The predicted octanol–water partition coefficient (Wildman–Crippen LogP) is 3.55. The van der Waals surface area contributed by atoms with Gasteiger partial charge in [-0.2, -0.15) is 0 Å². The van der Waals surface area contributed by atoms with Crippen LogP contribution in [0.5, 0.6) is 0 Å². The predicted molar refractivity (Wildman–Crippen MR) is 122 cm³/mol. The van der Waals surface area contributed by atoms with E-state index < -0.39 is 29.9 Å². The third kappa shape index (κ3) is 4.97. The molecule has 0 bridgehead atoms. The van der Waals surface area contributed by atoms with Gasteiger partial charge in [0.2, 0.25) is 0 Å². The second-order valence-electron chi connectivity index (χ2n) is 8.07. The smallest absolute Gasteiger partial charge is 0.338 e. The molecule has 182 valence electrons. The number of rotatable bonds is 6. The number of thiazole rings is 1. The largest absolute Gasteiger partial charge is 0.466 e. The quantitative estimate of drug-likeness (QED) is 0.573. The Morgan fingerprint density at radius 2 is 2.15 bits per heavy atom. The van der Waals surface area contributed by atoms with Crippen LogP contribution in [-0.4, -0.2) is 65.6 Å². The van der Waals surface area contributed by atoms with E-state index in [1.54, 1.807) is 11.6 Å². The second kappa shape index (κ2) is 10.0. The molecule has 7 nitrogen and oxygen atoms in total. The van der Waals surface area contributed by atoms with Gasteiger partial charge >= 0.3 is 5.97 Å². The Morgan fingerprint density at radius 1 is 1.41 bits per heavy atom. The van der Waals surface area contributed by atoms with Crippen molar-refractivity contribution in [2.75, 3.05) is 26.7 Å². The molecule has 0 aliphatic carbocycles. The first-order valence-corrected chi connectivity index (χ1v) is 11.7. The van der Waals surface area contributed by atoms with Crippen LogP contribution in [0.2, 0.25) is 5.02 Å². The lowest BCUT2D eigenvalue weighted by molar-refractivity contribution is -0.136. The molecular weight excluding hydrogens is 493 g/mol. The van der Waals surface area contributed by atoms with E-state index in [2.05, 4.69) is 15.3 Å². The third-order valence-electron chi connectivity index (χ3n) is 5.93. The minimum Gasteiger partial charge on any atom is -0.466 e. The average molecular weight is 515 g/mol. The van der Waals surface area contributed by atoms with E-state index >= 15 is 0 Å². The van der Waals surface area contributed by atoms with Gasteiger partial charge in [0.05, 0.1) is 12.7 Å². The molecule has 1 atom stereocenters. The number of piperidine rings is 1. The molecular formula is C22H22ClF3N4O3S. The third-order valence-corrected chi connectivity index (χ3v) is 7.04. The first-order chi connectivity index (χ1) is 16.2. The Morgan fingerprint density at radius 3 is 2.74 bits per heavy atom. The lowest BCUT2D eigenvalue weighted by atomic mass is 9.91. The fraction of sp³-hybridized carbons (Fsp3) is 0.409. The van der Waals surface area contributed by atoms with Gasteiger partial charge in [-0.15, -0.1) is 11.3 Å². The lowest BCUT2D eigenvalue weighted by Crippen LogP contribution is -2.50. The number of aliphatic imine (C=N–C) groups is 1. The molecule has 2 aliphatic heterocycles. The van der Waals surface area contributed by atoms with E-state index in [-0.39, 0.29) is 43.1 Å². The van der Waals surface area contributed by atoms with Gasteiger partial charge in [0, 0.05) is 47.5 Å². The van der Waals surface area contributed by atoms with Crippen LogP contribution in [0.15, 0.2) is 46.0 Å². The van der Waals surface area contributed by atoms with E-state index in [0.29, 0.717) is 22.1 Å². The highest BCUT2D eigenvalue weighted by Gasteiger charge is 2.41. The number of esters is 1. The number of carbonyl (C=O) groups excluding carboxylic acids is 1. The number of nitrogens with one attached hydrogen (secondary N) is 1. The molecule has 3 heterocycles. The minimum absolute atomic E-state index is 0.0925. The van der Waals surface area contributed by atoms with Gasteiger partial charge in [0.15, 0.2) is 10.8 Å². The molecule has 12 heteroatoms. The summed E-state index contributed by atoms with van der Waals surface area (Å²) in [5.41, 5.74) is -0.999. The molecule has 1 aromatic carbocycles. The van der Waals surface area contributed by atoms with Crippen molar-refractivity contribution in [3.8, 4) is 0 Å². The van der Waals surface area contributed by atoms with Crippen LogP contribution < -0.4 is 5.32 Å². The number of ether oxygens (including phenoxy) is 1. The number of carbonyl (C=O) groups is 1. The van der Waals surface area contributed by atoms with Gasteiger partial charge in [-0.25, -0.2) is 22.9 Å². The molecule has 1 unspecified atom stereocenters. The van der Waals surface area contributed by atoms with E-state index in [9.17, 15) is 23.1 Å². The zero-order valence-corrected chi connectivity index (χ0v) is 19.7. The highest BCUT2D eigenvalue weighted by Crippen LogP contribution is 2.37. The molecule has 2 N–H and O–H groups in total. The highest BCUT2D eigenvalue weighted by atomic mass is 35.5. The number of methoxy groups -OCH3 is 1. The van der Waals surface area contributed by atoms with E-state index in [0.717, 1.165) is 6.07 Å². The molecule has 1 saturated heterocycles. The SMILES string of the molecule is COC(=O)C1=C(CN2CCC(O)(C(F)F)CC2)NC(c2nccs2)=NC1c1ccc(F)cc1Cl. The van der Waals surface area contributed by atoms with Crippen LogP contribution in [0.1, 0.15) is 29.5 Å². The van der Waals surface area contributed by atoms with Gasteiger partial charge < -0.3 is 15.2 Å². The number of benzene rings is 1. The maximum Gasteiger partial charge on any atom is 0.338 e. The number of aliphatic hydroxyl groups is 1. The number of nitrogens with zero attached hydrogens (tertiary/aromatic N) is 3. The van der Waals surface area contributed by atoms with Gasteiger partial charge in [-0.05, 0) is 25.0 Å². The van der Waals surface area contributed by atoms with Gasteiger partial charge in [0.25, 0.3) is 6.43 Å². The molecule has 1 fully saturated rings. The normalized spacial score (nSPS) is 20.8. The maximum absolute atomic E-state index is 13.7. The lowest BCUT2D eigenvalue weighted by Gasteiger charge is -2.38. The van der Waals surface area contributed by atoms with Gasteiger partial charge in [-0.3, -0.25) is 9.89 Å². The van der Waals surface area contributed by atoms with Crippen molar-refractivity contribution in [3.63, 3.8) is 0 Å². The number of hydrogen-bond acceptors (Lipinski definition) is 8. The zero-order chi connectivity index (χ0) is 24.5. The summed E-state index contributed by atoms with van der Waals surface area (Å²) >= 11 is 7.66. The van der Waals surface area contributed by atoms with E-state index in [4.69, 9.17) is 16.3 Å². The first-order valence-electron chi connectivity index (χ1n) is 10.5. The summed E-state index contributed by atoms with van der Waals surface area (Å²) < 4.78 is 45.1. The van der Waals surface area contributed by atoms with E-state index in [1.165, 1.54) is 30.6 Å². The summed E-state index contributed by atoms with van der Waals surface area (Å²) in [5.74, 6) is -0.796. The fourth-order valence-electron chi connectivity index (χ4n) is 4.01. The van der Waals surface area contributed by atoms with Crippen LogP contribution in [0.25, 0.3) is 0 Å². The summed E-state index contributed by atoms with van der Waals surface area (Å²) in [6.45, 7) is 0.585. The van der Waals surface area contributed by atoms with Gasteiger partial charge in [0.1, 0.15) is 17.5 Å². The summed E-state index contributed by atoms with van der Waals surface area (Å²) in [7, 11) is 1.24. The molecule has 2 aliphatic rings. The Balaban J connectivity index is 1.73. The summed E-state index contributed by atoms with van der Waals surface area (Å²) in [6, 6.07) is 2.92. The van der Waals surface area contributed by atoms with Crippen LogP contribution in [-0.2, 0) is 9.53 Å². The van der Waals surface area contributed by atoms with Crippen LogP contribution in [0.4, 0.5) is 13.2 Å². The zero-order valence-electron chi connectivity index (χ0n) is 18.1. The summed E-state index contributed by atoms with van der Waals surface area (Å²) in [5, 5.41) is 15.7. The molecule has 1 aromatic heterocycles. The van der Waals surface area contributed by atoms with Crippen molar-refractivity contribution in [2.24, 2.45) is 4.99 Å². The highest BCUT2D eigenvalue weighted by molar-refractivity contribution is 7.11. The average Bonchev–Trinajstić information content (AvgIpc) is 3.35. The van der Waals surface area contributed by atoms with Crippen molar-refractivity contribution in [1.82, 2.24) is 15.2 Å². The van der Waals surface area contributed by atoms with Crippen LogP contribution >= 0.6 is 22.9 Å². The topological polar surface area (TPSA) is 87.0 Å². The number of alkyl halides is 2. The number of amidine groups is 1. The van der Waals surface area contributed by atoms with Crippen molar-refractivity contribution in [3.05, 3.63) is 62.5 Å². The first kappa shape index (κ1) is 24.6. The van der Waals surface area contributed by atoms with Crippen LogP contribution in [0, 0.1) is 5.82 Å². The molecule has 0 spiro atoms. The van der Waals surface area contributed by atoms with Crippen molar-refractivity contribution >= 4 is 34.7 Å².